The minimum absolute atomic E-state index is 0.125. The number of nitrogens with one attached hydrogen (secondary N) is 2. The number of anilines is 1. The number of aryl methyl sites for hydroxylation is 2. The Bertz CT molecular complexity index is 1110. The molecule has 1 heterocycles. The first-order valence-corrected chi connectivity index (χ1v) is 11.5. The van der Waals surface area contributed by atoms with E-state index in [1.54, 1.807) is 25.3 Å². The Kier molecular flexibility index (Phi) is 7.14. The first-order chi connectivity index (χ1) is 14.4. The van der Waals surface area contributed by atoms with E-state index < -0.39 is 10.0 Å². The largest absolute Gasteiger partial charge is 0.497 e. The molecule has 2 N–H and O–H groups in total. The van der Waals surface area contributed by atoms with E-state index >= 15 is 0 Å². The highest BCUT2D eigenvalue weighted by molar-refractivity contribution is 7.91. The van der Waals surface area contributed by atoms with Crippen LogP contribution in [-0.4, -0.2) is 38.2 Å². The van der Waals surface area contributed by atoms with Crippen LogP contribution in [-0.2, 0) is 16.4 Å². The molecule has 3 rings (SSSR count). The minimum Gasteiger partial charge on any atom is -0.497 e. The van der Waals surface area contributed by atoms with Gasteiger partial charge in [-0.15, -0.1) is 10.2 Å². The zero-order chi connectivity index (χ0) is 21.6. The predicted octanol–water partition coefficient (Wildman–Crippen LogP) is 3.02. The quantitative estimate of drug-likeness (QED) is 0.386. The Morgan fingerprint density at radius 1 is 1.13 bits per heavy atom. The summed E-state index contributed by atoms with van der Waals surface area (Å²) in [5.41, 5.74) is 2.50. The van der Waals surface area contributed by atoms with Crippen molar-refractivity contribution in [3.63, 3.8) is 0 Å². The van der Waals surface area contributed by atoms with Gasteiger partial charge < -0.3 is 4.74 Å². The maximum atomic E-state index is 12.4. The summed E-state index contributed by atoms with van der Waals surface area (Å²) in [7, 11) is -2.18. The van der Waals surface area contributed by atoms with E-state index in [1.807, 2.05) is 37.3 Å². The summed E-state index contributed by atoms with van der Waals surface area (Å²) in [5, 5.41) is 10.2. The van der Waals surface area contributed by atoms with Crippen LogP contribution in [0.4, 0.5) is 5.13 Å². The molecular formula is C20H22N4O4S2. The van der Waals surface area contributed by atoms with Crippen molar-refractivity contribution in [2.75, 3.05) is 19.0 Å². The number of rotatable bonds is 9. The summed E-state index contributed by atoms with van der Waals surface area (Å²) >= 11 is 0.807. The molecule has 0 spiro atoms. The molecule has 0 saturated heterocycles. The van der Waals surface area contributed by atoms with E-state index in [0.717, 1.165) is 34.6 Å². The summed E-state index contributed by atoms with van der Waals surface area (Å²) in [6.07, 6.45) is 1.35. The van der Waals surface area contributed by atoms with E-state index in [0.29, 0.717) is 12.0 Å². The molecule has 0 aliphatic rings. The van der Waals surface area contributed by atoms with Gasteiger partial charge in [-0.3, -0.25) is 10.1 Å². The second kappa shape index (κ2) is 9.79. The van der Waals surface area contributed by atoms with Crippen LogP contribution in [0, 0.1) is 6.92 Å². The second-order valence-electron chi connectivity index (χ2n) is 6.55. The van der Waals surface area contributed by atoms with Gasteiger partial charge in [-0.2, -0.15) is 0 Å². The fourth-order valence-electron chi connectivity index (χ4n) is 2.68. The molecule has 0 fully saturated rings. The van der Waals surface area contributed by atoms with Gasteiger partial charge >= 0.3 is 0 Å². The van der Waals surface area contributed by atoms with Gasteiger partial charge in [0.05, 0.1) is 7.11 Å². The minimum atomic E-state index is -3.79. The van der Waals surface area contributed by atoms with Crippen LogP contribution in [0.3, 0.4) is 0 Å². The van der Waals surface area contributed by atoms with E-state index in [4.69, 9.17) is 4.74 Å². The van der Waals surface area contributed by atoms with Gasteiger partial charge in [-0.05, 0) is 49.6 Å². The highest BCUT2D eigenvalue weighted by Crippen LogP contribution is 2.20. The van der Waals surface area contributed by atoms with Crippen LogP contribution in [0.1, 0.15) is 27.9 Å². The topological polar surface area (TPSA) is 110 Å². The van der Waals surface area contributed by atoms with E-state index in [9.17, 15) is 13.2 Å². The third-order valence-corrected chi connectivity index (χ3v) is 6.90. The zero-order valence-electron chi connectivity index (χ0n) is 16.6. The standard InChI is InChI=1S/C20H22N4O4S2/c1-14-5-3-7-16(13-14)18(25)22-19-23-24-20(29-19)30(26,27)21-12-4-6-15-8-10-17(28-2)11-9-15/h3,5,7-11,13,21H,4,6,12H2,1-2H3,(H,22,23,25). The Labute approximate surface area is 179 Å². The van der Waals surface area contributed by atoms with Crippen molar-refractivity contribution in [2.45, 2.75) is 24.1 Å². The van der Waals surface area contributed by atoms with Crippen molar-refractivity contribution < 1.29 is 17.9 Å². The molecular weight excluding hydrogens is 424 g/mol. The van der Waals surface area contributed by atoms with Crippen LogP contribution in [0.5, 0.6) is 5.75 Å². The molecule has 3 aromatic rings. The third kappa shape index (κ3) is 5.85. The molecule has 0 atom stereocenters. The monoisotopic (exact) mass is 446 g/mol. The average Bonchev–Trinajstić information content (AvgIpc) is 3.21. The summed E-state index contributed by atoms with van der Waals surface area (Å²) in [6.45, 7) is 2.14. The van der Waals surface area contributed by atoms with Crippen LogP contribution >= 0.6 is 11.3 Å². The molecule has 1 aromatic heterocycles. The van der Waals surface area contributed by atoms with E-state index in [1.165, 1.54) is 0 Å². The van der Waals surface area contributed by atoms with Gasteiger partial charge in [0.2, 0.25) is 9.47 Å². The van der Waals surface area contributed by atoms with Gasteiger partial charge in [0.25, 0.3) is 15.9 Å². The van der Waals surface area contributed by atoms with Crippen molar-refractivity contribution >= 4 is 32.4 Å². The molecule has 2 aromatic carbocycles. The number of sulfonamides is 1. The molecule has 8 nitrogen and oxygen atoms in total. The van der Waals surface area contributed by atoms with Crippen molar-refractivity contribution in [2.24, 2.45) is 0 Å². The Morgan fingerprint density at radius 3 is 2.60 bits per heavy atom. The van der Waals surface area contributed by atoms with Crippen molar-refractivity contribution in [1.82, 2.24) is 14.9 Å². The number of benzene rings is 2. The highest BCUT2D eigenvalue weighted by atomic mass is 32.2. The Balaban J connectivity index is 1.52. The number of carbonyl (C=O) groups excluding carboxylic acids is 1. The van der Waals surface area contributed by atoms with Gasteiger partial charge in [-0.1, -0.05) is 41.2 Å². The van der Waals surface area contributed by atoms with Gasteiger partial charge in [0.1, 0.15) is 5.75 Å². The number of hydrogen-bond donors (Lipinski definition) is 2. The lowest BCUT2D eigenvalue weighted by Gasteiger charge is -2.05. The number of ether oxygens (including phenoxy) is 1. The lowest BCUT2D eigenvalue weighted by atomic mass is 10.1. The number of amides is 1. The SMILES string of the molecule is COc1ccc(CCCNS(=O)(=O)c2nnc(NC(=O)c3cccc(C)c3)s2)cc1. The predicted molar refractivity (Wildman–Crippen MR) is 116 cm³/mol. The summed E-state index contributed by atoms with van der Waals surface area (Å²) < 4.78 is 32.3. The molecule has 0 saturated carbocycles. The molecule has 0 radical (unpaired) electrons. The Morgan fingerprint density at radius 2 is 1.90 bits per heavy atom. The van der Waals surface area contributed by atoms with Crippen LogP contribution in [0.2, 0.25) is 0 Å². The fourth-order valence-corrected chi connectivity index (χ4v) is 4.69. The zero-order valence-corrected chi connectivity index (χ0v) is 18.2. The normalized spacial score (nSPS) is 11.3. The van der Waals surface area contributed by atoms with Gasteiger partial charge in [0.15, 0.2) is 0 Å². The van der Waals surface area contributed by atoms with E-state index in [-0.39, 0.29) is 21.9 Å². The summed E-state index contributed by atoms with van der Waals surface area (Å²) in [6, 6.07) is 14.7. The van der Waals surface area contributed by atoms with Crippen LogP contribution in [0.15, 0.2) is 52.9 Å². The maximum absolute atomic E-state index is 12.4. The van der Waals surface area contributed by atoms with Crippen LogP contribution in [0.25, 0.3) is 0 Å². The smallest absolute Gasteiger partial charge is 0.269 e. The molecule has 0 aliphatic heterocycles. The number of hydrogen-bond acceptors (Lipinski definition) is 7. The fraction of sp³-hybridized carbons (Fsp3) is 0.250. The lowest BCUT2D eigenvalue weighted by Crippen LogP contribution is -2.25. The molecule has 0 aliphatic carbocycles. The molecule has 0 unspecified atom stereocenters. The van der Waals surface area contributed by atoms with Crippen molar-refractivity contribution in [3.05, 3.63) is 65.2 Å². The van der Waals surface area contributed by atoms with Gasteiger partial charge in [-0.25, -0.2) is 13.1 Å². The molecule has 0 bridgehead atoms. The molecule has 10 heteroatoms. The molecule has 158 valence electrons. The molecule has 30 heavy (non-hydrogen) atoms. The number of nitrogens with zero attached hydrogens (tertiary/aromatic N) is 2. The summed E-state index contributed by atoms with van der Waals surface area (Å²) in [5.74, 6) is 0.410. The van der Waals surface area contributed by atoms with Crippen molar-refractivity contribution in [1.29, 1.82) is 0 Å². The van der Waals surface area contributed by atoms with Crippen molar-refractivity contribution in [3.8, 4) is 5.75 Å². The number of methoxy groups -OCH3 is 1. The molecule has 1 amide bonds. The highest BCUT2D eigenvalue weighted by Gasteiger charge is 2.20. The number of aromatic nitrogens is 2. The van der Waals surface area contributed by atoms with Crippen LogP contribution < -0.4 is 14.8 Å². The van der Waals surface area contributed by atoms with Gasteiger partial charge in [0, 0.05) is 12.1 Å². The maximum Gasteiger partial charge on any atom is 0.269 e. The lowest BCUT2D eigenvalue weighted by molar-refractivity contribution is 0.102. The first kappa shape index (κ1) is 21.9. The summed E-state index contributed by atoms with van der Waals surface area (Å²) in [4.78, 5) is 12.3. The Hall–Kier alpha value is -2.82. The second-order valence-corrected chi connectivity index (χ2v) is 9.46. The number of carbonyl (C=O) groups is 1. The third-order valence-electron chi connectivity index (χ3n) is 4.23. The van der Waals surface area contributed by atoms with E-state index in [2.05, 4.69) is 20.2 Å². The first-order valence-electron chi connectivity index (χ1n) is 9.21. The average molecular weight is 447 g/mol.